The molecule has 1 fully saturated rings. The second kappa shape index (κ2) is 9.97. The molecule has 1 saturated heterocycles. The highest BCUT2D eigenvalue weighted by Gasteiger charge is 2.32. The Bertz CT molecular complexity index is 1610. The topological polar surface area (TPSA) is 70.4 Å². The Morgan fingerprint density at radius 3 is 2.45 bits per heavy atom. The zero-order valence-electron chi connectivity index (χ0n) is 22.7. The lowest BCUT2D eigenvalue weighted by molar-refractivity contribution is -0.137. The predicted molar refractivity (Wildman–Crippen MR) is 146 cm³/mol. The summed E-state index contributed by atoms with van der Waals surface area (Å²) in [7, 11) is 2.13. The number of carbonyl (C=O) groups is 1. The van der Waals surface area contributed by atoms with E-state index >= 15 is 0 Å². The summed E-state index contributed by atoms with van der Waals surface area (Å²) in [5.41, 5.74) is 4.63. The van der Waals surface area contributed by atoms with Crippen molar-refractivity contribution in [1.82, 2.24) is 29.5 Å². The van der Waals surface area contributed by atoms with Crippen LogP contribution in [0, 0.1) is 13.8 Å². The van der Waals surface area contributed by atoms with Gasteiger partial charge in [0.25, 0.3) is 5.91 Å². The van der Waals surface area contributed by atoms with Gasteiger partial charge in [0.15, 0.2) is 5.82 Å². The van der Waals surface area contributed by atoms with Crippen molar-refractivity contribution in [2.75, 3.05) is 44.7 Å². The molecule has 4 heterocycles. The molecule has 0 radical (unpaired) electrons. The van der Waals surface area contributed by atoms with Gasteiger partial charge < -0.3 is 9.80 Å². The number of likely N-dealkylation sites (N-methyl/N-ethyl adjacent to an activating group) is 1. The third kappa shape index (κ3) is 4.84. The maximum absolute atomic E-state index is 13.7. The van der Waals surface area contributed by atoms with Crippen LogP contribution < -0.4 is 4.90 Å². The first-order valence-electron chi connectivity index (χ1n) is 13.3. The highest BCUT2D eigenvalue weighted by Crippen LogP contribution is 2.33. The fourth-order valence-corrected chi connectivity index (χ4v) is 5.50. The Kier molecular flexibility index (Phi) is 6.58. The number of hydrogen-bond acceptors (Lipinski definition) is 6. The molecule has 4 aromatic rings. The average Bonchev–Trinajstić information content (AvgIpc) is 3.24. The number of rotatable bonds is 4. The number of benzene rings is 2. The van der Waals surface area contributed by atoms with E-state index < -0.39 is 11.7 Å². The monoisotopic (exact) mass is 549 g/mol. The molecule has 1 amide bonds. The third-order valence-electron chi connectivity index (χ3n) is 7.89. The molecular formula is C29H30F3N7O. The molecule has 208 valence electrons. The van der Waals surface area contributed by atoms with Gasteiger partial charge in [-0.3, -0.25) is 14.4 Å². The Morgan fingerprint density at radius 1 is 0.950 bits per heavy atom. The minimum atomic E-state index is -4.42. The number of halogens is 3. The van der Waals surface area contributed by atoms with Gasteiger partial charge in [0.2, 0.25) is 0 Å². The van der Waals surface area contributed by atoms with Crippen molar-refractivity contribution in [3.8, 4) is 11.4 Å². The van der Waals surface area contributed by atoms with E-state index in [2.05, 4.69) is 26.8 Å². The van der Waals surface area contributed by atoms with E-state index in [0.717, 1.165) is 72.9 Å². The van der Waals surface area contributed by atoms with Crippen molar-refractivity contribution in [2.45, 2.75) is 33.1 Å². The van der Waals surface area contributed by atoms with Gasteiger partial charge in [-0.05, 0) is 62.9 Å². The van der Waals surface area contributed by atoms with E-state index in [9.17, 15) is 18.0 Å². The number of hydrogen-bond donors (Lipinski definition) is 0. The summed E-state index contributed by atoms with van der Waals surface area (Å²) in [5.74, 6) is 0.341. The summed E-state index contributed by atoms with van der Waals surface area (Å²) < 4.78 is 41.0. The van der Waals surface area contributed by atoms with Crippen molar-refractivity contribution in [1.29, 1.82) is 0 Å². The first-order chi connectivity index (χ1) is 19.1. The van der Waals surface area contributed by atoms with Crippen LogP contribution in [0.5, 0.6) is 0 Å². The van der Waals surface area contributed by atoms with Crippen LogP contribution in [-0.2, 0) is 19.3 Å². The van der Waals surface area contributed by atoms with Crippen LogP contribution in [-0.4, -0.2) is 75.2 Å². The molecule has 0 N–H and O–H groups in total. The van der Waals surface area contributed by atoms with Gasteiger partial charge in [-0.2, -0.15) is 18.3 Å². The number of aryl methyl sites for hydroxylation is 1. The van der Waals surface area contributed by atoms with Gasteiger partial charge in [-0.25, -0.2) is 9.97 Å². The quantitative estimate of drug-likeness (QED) is 0.373. The molecule has 11 heteroatoms. The lowest BCUT2D eigenvalue weighted by atomic mass is 10.1. The van der Waals surface area contributed by atoms with Gasteiger partial charge >= 0.3 is 6.18 Å². The molecule has 0 unspecified atom stereocenters. The number of aromatic nitrogens is 4. The SMILES string of the molecule is Cc1cc(-c2ncc3cc(C(F)(F)F)ccc3n2)ccc1N1CCn2nc(CN3CCN(C)CC3)c(C)c2C1=O. The van der Waals surface area contributed by atoms with Crippen LogP contribution in [0.4, 0.5) is 18.9 Å². The van der Waals surface area contributed by atoms with E-state index in [1.54, 1.807) is 4.90 Å². The number of amides is 1. The lowest BCUT2D eigenvalue weighted by Crippen LogP contribution is -2.44. The van der Waals surface area contributed by atoms with Crippen LogP contribution in [0.2, 0.25) is 0 Å². The first kappa shape index (κ1) is 26.4. The minimum Gasteiger partial charge on any atom is -0.305 e. The zero-order chi connectivity index (χ0) is 28.2. The maximum atomic E-state index is 13.7. The van der Waals surface area contributed by atoms with E-state index in [0.29, 0.717) is 35.5 Å². The lowest BCUT2D eigenvalue weighted by Gasteiger charge is -2.31. The van der Waals surface area contributed by atoms with Crippen LogP contribution in [0.1, 0.15) is 32.9 Å². The molecule has 2 aromatic heterocycles. The van der Waals surface area contributed by atoms with Gasteiger partial charge in [0.05, 0.1) is 23.3 Å². The number of fused-ring (bicyclic) bond motifs is 2. The largest absolute Gasteiger partial charge is 0.416 e. The number of piperazine rings is 1. The van der Waals surface area contributed by atoms with Gasteiger partial charge in [-0.1, -0.05) is 0 Å². The zero-order valence-corrected chi connectivity index (χ0v) is 22.7. The number of alkyl halides is 3. The molecule has 2 aliphatic rings. The molecule has 0 bridgehead atoms. The second-order valence-corrected chi connectivity index (χ2v) is 10.6. The molecule has 2 aliphatic heterocycles. The van der Waals surface area contributed by atoms with Crippen molar-refractivity contribution < 1.29 is 18.0 Å². The maximum Gasteiger partial charge on any atom is 0.416 e. The Morgan fingerprint density at radius 2 is 1.73 bits per heavy atom. The first-order valence-corrected chi connectivity index (χ1v) is 13.3. The van der Waals surface area contributed by atoms with Gasteiger partial charge in [0, 0.05) is 67.7 Å². The Hall–Kier alpha value is -3.83. The predicted octanol–water partition coefficient (Wildman–Crippen LogP) is 4.54. The van der Waals surface area contributed by atoms with E-state index in [-0.39, 0.29) is 5.91 Å². The van der Waals surface area contributed by atoms with Crippen LogP contribution in [0.25, 0.3) is 22.3 Å². The number of nitrogens with zero attached hydrogens (tertiary/aromatic N) is 7. The second-order valence-electron chi connectivity index (χ2n) is 10.6. The standard InChI is InChI=1S/C29H30F3N7O/c1-18-14-20(27-33-16-21-15-22(29(30,31)32)5-6-23(21)34-27)4-7-25(18)38-12-13-39-26(28(38)40)19(2)24(35-39)17-37-10-8-36(3)9-11-37/h4-7,14-16H,8-13,17H2,1-3H3. The van der Waals surface area contributed by atoms with Gasteiger partial charge in [-0.15, -0.1) is 0 Å². The highest BCUT2D eigenvalue weighted by atomic mass is 19.4. The molecule has 0 atom stereocenters. The summed E-state index contributed by atoms with van der Waals surface area (Å²) in [5, 5.41) is 5.12. The highest BCUT2D eigenvalue weighted by molar-refractivity contribution is 6.07. The molecular weight excluding hydrogens is 519 g/mol. The van der Waals surface area contributed by atoms with Crippen LogP contribution in [0.15, 0.2) is 42.6 Å². The van der Waals surface area contributed by atoms with Crippen LogP contribution in [0.3, 0.4) is 0 Å². The molecule has 6 rings (SSSR count). The van der Waals surface area contributed by atoms with Gasteiger partial charge in [0.1, 0.15) is 5.69 Å². The third-order valence-corrected chi connectivity index (χ3v) is 7.89. The van der Waals surface area contributed by atoms with Crippen LogP contribution >= 0.6 is 0 Å². The summed E-state index contributed by atoms with van der Waals surface area (Å²) in [4.78, 5) is 29.0. The molecule has 0 spiro atoms. The summed E-state index contributed by atoms with van der Waals surface area (Å²) in [6.07, 6.45) is -3.01. The average molecular weight is 550 g/mol. The normalized spacial score (nSPS) is 17.1. The fraction of sp³-hybridized carbons (Fsp3) is 0.379. The molecule has 40 heavy (non-hydrogen) atoms. The van der Waals surface area contributed by atoms with Crippen molar-refractivity contribution >= 4 is 22.5 Å². The molecule has 0 aliphatic carbocycles. The summed E-state index contributed by atoms with van der Waals surface area (Å²) >= 11 is 0. The number of anilines is 1. The Balaban J connectivity index is 1.23. The van der Waals surface area contributed by atoms with Crippen molar-refractivity contribution in [3.05, 3.63) is 70.7 Å². The fourth-order valence-electron chi connectivity index (χ4n) is 5.50. The van der Waals surface area contributed by atoms with Crippen molar-refractivity contribution in [3.63, 3.8) is 0 Å². The molecule has 0 saturated carbocycles. The van der Waals surface area contributed by atoms with E-state index in [1.165, 1.54) is 12.3 Å². The number of carbonyl (C=O) groups excluding carboxylic acids is 1. The van der Waals surface area contributed by atoms with E-state index in [4.69, 9.17) is 5.10 Å². The van der Waals surface area contributed by atoms with E-state index in [1.807, 2.05) is 36.7 Å². The molecule has 2 aromatic carbocycles. The summed E-state index contributed by atoms with van der Waals surface area (Å²) in [6, 6.07) is 9.08. The summed E-state index contributed by atoms with van der Waals surface area (Å²) in [6.45, 7) is 9.80. The Labute approximate surface area is 230 Å². The minimum absolute atomic E-state index is 0.0702. The smallest absolute Gasteiger partial charge is 0.305 e. The molecule has 8 nitrogen and oxygen atoms in total. The van der Waals surface area contributed by atoms with Crippen molar-refractivity contribution in [2.24, 2.45) is 0 Å².